The van der Waals surface area contributed by atoms with Gasteiger partial charge in [-0.3, -0.25) is 14.5 Å². The van der Waals surface area contributed by atoms with Crippen molar-refractivity contribution < 1.29 is 29.0 Å². The Hall–Kier alpha value is -2.22. The molecule has 7 nitrogen and oxygen atoms in total. The summed E-state index contributed by atoms with van der Waals surface area (Å²) in [7, 11) is 0. The van der Waals surface area contributed by atoms with E-state index < -0.39 is 0 Å². The third-order valence-electron chi connectivity index (χ3n) is 8.20. The fraction of sp³-hybridized carbons (Fsp3) is 0.630. The van der Waals surface area contributed by atoms with Crippen molar-refractivity contribution in [3.8, 4) is 0 Å². The van der Waals surface area contributed by atoms with Crippen molar-refractivity contribution in [2.45, 2.75) is 77.0 Å². The van der Waals surface area contributed by atoms with Crippen LogP contribution in [-0.4, -0.2) is 52.3 Å². The largest absolute Gasteiger partial charge is 0.459 e. The van der Waals surface area contributed by atoms with Crippen LogP contribution >= 0.6 is 0 Å². The van der Waals surface area contributed by atoms with E-state index in [4.69, 9.17) is 9.15 Å². The van der Waals surface area contributed by atoms with Gasteiger partial charge in [0.15, 0.2) is 0 Å². The van der Waals surface area contributed by atoms with Crippen LogP contribution in [0.4, 0.5) is 0 Å². The van der Waals surface area contributed by atoms with E-state index in [9.17, 15) is 19.8 Å². The topological polar surface area (TPSA) is 100 Å². The van der Waals surface area contributed by atoms with Gasteiger partial charge in [-0.1, -0.05) is 24.8 Å². The summed E-state index contributed by atoms with van der Waals surface area (Å²) in [5, 5.41) is 19.3. The predicted octanol–water partition coefficient (Wildman–Crippen LogP) is 3.60. The minimum atomic E-state index is -0.353. The fourth-order valence-electron chi connectivity index (χ4n) is 6.57. The highest BCUT2D eigenvalue weighted by atomic mass is 16.5. The fourth-order valence-corrected chi connectivity index (χ4v) is 6.57. The number of fused-ring (bicyclic) bond motifs is 3. The average Bonchev–Trinajstić information content (AvgIpc) is 3.54. The lowest BCUT2D eigenvalue weighted by molar-refractivity contribution is -0.143. The molecule has 2 aliphatic carbocycles. The van der Waals surface area contributed by atoms with Crippen LogP contribution in [0, 0.1) is 17.8 Å². The van der Waals surface area contributed by atoms with E-state index >= 15 is 0 Å². The average molecular weight is 470 g/mol. The van der Waals surface area contributed by atoms with Crippen LogP contribution in [0.25, 0.3) is 6.08 Å². The molecule has 7 heteroatoms. The van der Waals surface area contributed by atoms with E-state index in [0.717, 1.165) is 55.2 Å². The van der Waals surface area contributed by atoms with Gasteiger partial charge in [-0.15, -0.1) is 0 Å². The number of hydrogen-bond donors (Lipinski definition) is 2. The molecule has 2 N–H and O–H groups in total. The first-order valence-electron chi connectivity index (χ1n) is 12.7. The number of hydrogen-bond acceptors (Lipinski definition) is 6. The molecule has 5 rings (SSSR count). The van der Waals surface area contributed by atoms with Crippen LogP contribution in [0.2, 0.25) is 0 Å². The molecule has 2 saturated heterocycles. The number of carbonyl (C=O) groups excluding carboxylic acids is 2. The van der Waals surface area contributed by atoms with E-state index in [2.05, 4.69) is 0 Å². The van der Waals surface area contributed by atoms with Crippen LogP contribution < -0.4 is 0 Å². The second-order valence-electron chi connectivity index (χ2n) is 10.3. The minimum absolute atomic E-state index is 0.0146. The number of imide groups is 1. The Bertz CT molecular complexity index is 1000. The third kappa shape index (κ3) is 4.18. The second kappa shape index (κ2) is 9.80. The van der Waals surface area contributed by atoms with Gasteiger partial charge in [-0.05, 0) is 68.4 Å². The molecule has 0 bridgehead atoms. The van der Waals surface area contributed by atoms with Crippen LogP contribution in [0.3, 0.4) is 0 Å². The molecule has 0 radical (unpaired) electrons. The molecule has 34 heavy (non-hydrogen) atoms. The number of furan rings is 1. The summed E-state index contributed by atoms with van der Waals surface area (Å²) in [6.07, 6.45) is 8.95. The number of rotatable bonds is 7. The van der Waals surface area contributed by atoms with Gasteiger partial charge in [0.25, 0.3) is 0 Å². The molecule has 4 aliphatic rings. The summed E-state index contributed by atoms with van der Waals surface area (Å²) in [6, 6.07) is 3.64. The van der Waals surface area contributed by atoms with Gasteiger partial charge in [0.1, 0.15) is 18.1 Å². The summed E-state index contributed by atoms with van der Waals surface area (Å²) in [5.74, 6) is 0.385. The number of nitrogens with zero attached hydrogens (tertiary/aromatic N) is 1. The van der Waals surface area contributed by atoms with Gasteiger partial charge in [-0.25, -0.2) is 0 Å². The lowest BCUT2D eigenvalue weighted by Crippen LogP contribution is -2.42. The molecule has 0 spiro atoms. The molecule has 2 aliphatic heterocycles. The van der Waals surface area contributed by atoms with Gasteiger partial charge in [0, 0.05) is 12.0 Å². The van der Waals surface area contributed by atoms with Crippen molar-refractivity contribution in [2.24, 2.45) is 17.8 Å². The highest BCUT2D eigenvalue weighted by Crippen LogP contribution is 2.50. The SMILES string of the molecule is C/C(=C\c1ccc(CO)o1)CC[C@H]1OC[C@H]2C1=C(CO)C[C@H]1C(=O)N(C3CCCCC3)C(=O)[C@H]12. The van der Waals surface area contributed by atoms with Crippen molar-refractivity contribution in [3.05, 3.63) is 40.4 Å². The van der Waals surface area contributed by atoms with Gasteiger partial charge in [0.2, 0.25) is 11.8 Å². The molecule has 2 amide bonds. The van der Waals surface area contributed by atoms with Crippen molar-refractivity contribution in [1.29, 1.82) is 0 Å². The highest BCUT2D eigenvalue weighted by Gasteiger charge is 2.58. The first kappa shape index (κ1) is 23.5. The molecule has 0 unspecified atom stereocenters. The number of allylic oxidation sites excluding steroid dienone is 1. The Morgan fingerprint density at radius 2 is 1.88 bits per heavy atom. The predicted molar refractivity (Wildman–Crippen MR) is 125 cm³/mol. The van der Waals surface area contributed by atoms with Gasteiger partial charge >= 0.3 is 0 Å². The summed E-state index contributed by atoms with van der Waals surface area (Å²) in [6.45, 7) is 2.25. The minimum Gasteiger partial charge on any atom is -0.459 e. The number of amides is 2. The normalized spacial score (nSPS) is 30.3. The maximum absolute atomic E-state index is 13.5. The Labute approximate surface area is 200 Å². The van der Waals surface area contributed by atoms with Crippen molar-refractivity contribution in [2.75, 3.05) is 13.2 Å². The highest BCUT2D eigenvalue weighted by molar-refractivity contribution is 6.06. The van der Waals surface area contributed by atoms with E-state index in [0.29, 0.717) is 24.5 Å². The van der Waals surface area contributed by atoms with Crippen molar-refractivity contribution in [1.82, 2.24) is 4.90 Å². The standard InChI is InChI=1S/C27H35NO6/c1-16(11-19-8-9-20(14-30)34-19)7-10-23-24-17(13-29)12-21-25(22(24)15-33-23)27(32)28(26(21)31)18-5-3-2-4-6-18/h8-9,11,18,21-23,25,29-30H,2-7,10,12-15H2,1H3/b16-11+/t21-,22+,23-,25-/m1/s1. The van der Waals surface area contributed by atoms with Gasteiger partial charge in [0.05, 0.1) is 31.2 Å². The molecule has 4 atom stereocenters. The van der Waals surface area contributed by atoms with E-state index in [-0.39, 0.29) is 54.9 Å². The van der Waals surface area contributed by atoms with Crippen LogP contribution in [0.1, 0.15) is 69.8 Å². The Kier molecular flexibility index (Phi) is 6.78. The Balaban J connectivity index is 1.31. The molecule has 3 fully saturated rings. The Morgan fingerprint density at radius 3 is 2.59 bits per heavy atom. The van der Waals surface area contributed by atoms with Crippen LogP contribution in [-0.2, 0) is 20.9 Å². The summed E-state index contributed by atoms with van der Waals surface area (Å²) in [5.41, 5.74) is 3.07. The number of aliphatic hydroxyl groups is 2. The number of carbonyl (C=O) groups is 2. The quantitative estimate of drug-likeness (QED) is 0.468. The zero-order valence-electron chi connectivity index (χ0n) is 19.9. The first-order chi connectivity index (χ1) is 16.5. The second-order valence-corrected chi connectivity index (χ2v) is 10.3. The van der Waals surface area contributed by atoms with Crippen LogP contribution in [0.15, 0.2) is 33.3 Å². The van der Waals surface area contributed by atoms with Crippen LogP contribution in [0.5, 0.6) is 0 Å². The Morgan fingerprint density at radius 1 is 1.09 bits per heavy atom. The third-order valence-corrected chi connectivity index (χ3v) is 8.20. The molecule has 184 valence electrons. The summed E-state index contributed by atoms with van der Waals surface area (Å²) < 4.78 is 11.7. The summed E-state index contributed by atoms with van der Waals surface area (Å²) >= 11 is 0. The number of aliphatic hydroxyl groups excluding tert-OH is 2. The lowest BCUT2D eigenvalue weighted by atomic mass is 9.69. The van der Waals surface area contributed by atoms with E-state index in [1.54, 1.807) is 11.0 Å². The molecular formula is C27H35NO6. The molecule has 1 saturated carbocycles. The molecule has 0 aromatic carbocycles. The zero-order valence-corrected chi connectivity index (χ0v) is 19.9. The maximum Gasteiger partial charge on any atom is 0.234 e. The van der Waals surface area contributed by atoms with E-state index in [1.807, 2.05) is 19.1 Å². The van der Waals surface area contributed by atoms with Crippen molar-refractivity contribution in [3.63, 3.8) is 0 Å². The monoisotopic (exact) mass is 469 g/mol. The molecule has 1 aromatic rings. The number of likely N-dealkylation sites (tertiary alicyclic amines) is 1. The van der Waals surface area contributed by atoms with Gasteiger partial charge < -0.3 is 19.4 Å². The van der Waals surface area contributed by atoms with Crippen molar-refractivity contribution >= 4 is 17.9 Å². The zero-order chi connectivity index (χ0) is 23.8. The molecular weight excluding hydrogens is 434 g/mol. The number of ether oxygens (including phenoxy) is 1. The van der Waals surface area contributed by atoms with Gasteiger partial charge in [-0.2, -0.15) is 0 Å². The molecule has 3 heterocycles. The smallest absolute Gasteiger partial charge is 0.234 e. The van der Waals surface area contributed by atoms with E-state index in [1.165, 1.54) is 6.42 Å². The maximum atomic E-state index is 13.5. The summed E-state index contributed by atoms with van der Waals surface area (Å²) in [4.78, 5) is 28.4. The lowest BCUT2D eigenvalue weighted by Gasteiger charge is -2.31. The first-order valence-corrected chi connectivity index (χ1v) is 12.7. The molecule has 1 aromatic heterocycles.